The third-order valence-corrected chi connectivity index (χ3v) is 4.93. The largest absolute Gasteiger partial charge is 0.376 e. The van der Waals surface area contributed by atoms with Gasteiger partial charge in [-0.05, 0) is 25.0 Å². The maximum Gasteiger partial charge on any atom is 0.262 e. The van der Waals surface area contributed by atoms with Gasteiger partial charge in [0.1, 0.15) is 0 Å². The van der Waals surface area contributed by atoms with E-state index in [0.29, 0.717) is 22.6 Å². The fourth-order valence-corrected chi connectivity index (χ4v) is 3.58. The Morgan fingerprint density at radius 1 is 1.48 bits per heavy atom. The molecule has 1 fully saturated rings. The number of rotatable bonds is 6. The molecule has 1 amide bonds. The number of hydrogen-bond donors (Lipinski definition) is 1. The summed E-state index contributed by atoms with van der Waals surface area (Å²) in [4.78, 5) is 29.3. The summed E-state index contributed by atoms with van der Waals surface area (Å²) in [5.41, 5.74) is 0.523. The molecular formula is C18H19N3O3S. The van der Waals surface area contributed by atoms with Crippen LogP contribution < -0.4 is 10.9 Å². The van der Waals surface area contributed by atoms with Crippen LogP contribution in [0.25, 0.3) is 10.9 Å². The van der Waals surface area contributed by atoms with Gasteiger partial charge in [0.05, 0.1) is 35.8 Å². The van der Waals surface area contributed by atoms with Gasteiger partial charge in [0.15, 0.2) is 5.16 Å². The predicted octanol–water partition coefficient (Wildman–Crippen LogP) is 1.42. The van der Waals surface area contributed by atoms with Crippen LogP contribution in [0.15, 0.2) is 34.2 Å². The lowest BCUT2D eigenvalue weighted by atomic mass is 10.2. The zero-order chi connectivity index (χ0) is 17.6. The van der Waals surface area contributed by atoms with Crippen LogP contribution in [0.1, 0.15) is 12.8 Å². The SMILES string of the molecule is C#CCNC(=O)CSc1nc2ccccc2c(=O)n1CC1CCCO1. The van der Waals surface area contributed by atoms with E-state index in [2.05, 4.69) is 16.2 Å². The Kier molecular flexibility index (Phi) is 5.74. The van der Waals surface area contributed by atoms with Crippen LogP contribution in [-0.2, 0) is 16.1 Å². The molecule has 7 heteroatoms. The molecule has 1 unspecified atom stereocenters. The molecule has 0 aliphatic carbocycles. The van der Waals surface area contributed by atoms with Crippen molar-refractivity contribution in [2.24, 2.45) is 0 Å². The van der Waals surface area contributed by atoms with Gasteiger partial charge in [-0.25, -0.2) is 4.98 Å². The topological polar surface area (TPSA) is 73.2 Å². The number of aromatic nitrogens is 2. The number of ether oxygens (including phenoxy) is 1. The molecule has 1 aliphatic heterocycles. The lowest BCUT2D eigenvalue weighted by Crippen LogP contribution is -2.30. The van der Waals surface area contributed by atoms with Gasteiger partial charge in [0.2, 0.25) is 5.91 Å². The van der Waals surface area contributed by atoms with E-state index >= 15 is 0 Å². The number of fused-ring (bicyclic) bond motifs is 1. The first-order chi connectivity index (χ1) is 12.2. The number of nitrogens with zero attached hydrogens (tertiary/aromatic N) is 2. The molecule has 130 valence electrons. The van der Waals surface area contributed by atoms with Crippen molar-refractivity contribution >= 4 is 28.6 Å². The summed E-state index contributed by atoms with van der Waals surface area (Å²) < 4.78 is 7.28. The highest BCUT2D eigenvalue weighted by Gasteiger charge is 2.20. The van der Waals surface area contributed by atoms with Crippen LogP contribution >= 0.6 is 11.8 Å². The zero-order valence-corrected chi connectivity index (χ0v) is 14.6. The summed E-state index contributed by atoms with van der Waals surface area (Å²) in [5.74, 6) is 2.33. The molecule has 0 saturated carbocycles. The second-order valence-corrected chi connectivity index (χ2v) is 6.67. The Morgan fingerprint density at radius 3 is 3.08 bits per heavy atom. The van der Waals surface area contributed by atoms with E-state index in [1.54, 1.807) is 16.7 Å². The number of benzene rings is 1. The normalized spacial score (nSPS) is 16.7. The van der Waals surface area contributed by atoms with Gasteiger partial charge < -0.3 is 10.1 Å². The molecule has 25 heavy (non-hydrogen) atoms. The van der Waals surface area contributed by atoms with Gasteiger partial charge in [0.25, 0.3) is 5.56 Å². The Hall–Kier alpha value is -2.30. The highest BCUT2D eigenvalue weighted by Crippen LogP contribution is 2.20. The van der Waals surface area contributed by atoms with Crippen molar-refractivity contribution in [3.05, 3.63) is 34.6 Å². The summed E-state index contributed by atoms with van der Waals surface area (Å²) >= 11 is 1.23. The summed E-state index contributed by atoms with van der Waals surface area (Å²) in [5, 5.41) is 3.71. The number of terminal acetylenes is 1. The van der Waals surface area contributed by atoms with Crippen LogP contribution in [0.3, 0.4) is 0 Å². The molecule has 1 atom stereocenters. The molecule has 1 aromatic carbocycles. The third-order valence-electron chi connectivity index (χ3n) is 3.96. The lowest BCUT2D eigenvalue weighted by molar-refractivity contribution is -0.118. The monoisotopic (exact) mass is 357 g/mol. The maximum absolute atomic E-state index is 12.9. The minimum Gasteiger partial charge on any atom is -0.376 e. The number of hydrogen-bond acceptors (Lipinski definition) is 5. The van der Waals surface area contributed by atoms with Gasteiger partial charge >= 0.3 is 0 Å². The van der Waals surface area contributed by atoms with Crippen LogP contribution in [0.5, 0.6) is 0 Å². The van der Waals surface area contributed by atoms with E-state index in [4.69, 9.17) is 11.2 Å². The molecule has 1 saturated heterocycles. The smallest absolute Gasteiger partial charge is 0.262 e. The molecule has 2 aromatic rings. The van der Waals surface area contributed by atoms with Gasteiger partial charge in [0, 0.05) is 6.61 Å². The molecule has 3 rings (SSSR count). The molecule has 1 N–H and O–H groups in total. The van der Waals surface area contributed by atoms with Gasteiger partial charge in [-0.2, -0.15) is 0 Å². The molecular weight excluding hydrogens is 338 g/mol. The van der Waals surface area contributed by atoms with E-state index < -0.39 is 0 Å². The Morgan fingerprint density at radius 2 is 2.32 bits per heavy atom. The second kappa shape index (κ2) is 8.19. The van der Waals surface area contributed by atoms with E-state index in [9.17, 15) is 9.59 Å². The number of nitrogens with one attached hydrogen (secondary N) is 1. The molecule has 1 aliphatic rings. The highest BCUT2D eigenvalue weighted by atomic mass is 32.2. The molecule has 2 heterocycles. The molecule has 0 bridgehead atoms. The van der Waals surface area contributed by atoms with E-state index in [-0.39, 0.29) is 29.9 Å². The van der Waals surface area contributed by atoms with Crippen molar-refractivity contribution in [1.29, 1.82) is 0 Å². The number of thioether (sulfide) groups is 1. The summed E-state index contributed by atoms with van der Waals surface area (Å²) in [6.45, 7) is 1.36. The first-order valence-electron chi connectivity index (χ1n) is 8.13. The minimum atomic E-state index is -0.186. The summed E-state index contributed by atoms with van der Waals surface area (Å²) in [6, 6.07) is 7.23. The fourth-order valence-electron chi connectivity index (χ4n) is 2.74. The highest BCUT2D eigenvalue weighted by molar-refractivity contribution is 7.99. The Labute approximate surface area is 150 Å². The van der Waals surface area contributed by atoms with Crippen LogP contribution in [0, 0.1) is 12.3 Å². The molecule has 6 nitrogen and oxygen atoms in total. The average Bonchev–Trinajstić information content (AvgIpc) is 3.14. The van der Waals surface area contributed by atoms with Gasteiger partial charge in [-0.3, -0.25) is 14.2 Å². The van der Waals surface area contributed by atoms with Gasteiger partial charge in [-0.1, -0.05) is 29.8 Å². The van der Waals surface area contributed by atoms with E-state index in [1.807, 2.05) is 12.1 Å². The molecule has 0 spiro atoms. The molecule has 0 radical (unpaired) electrons. The summed E-state index contributed by atoms with van der Waals surface area (Å²) in [6.07, 6.45) is 7.07. The van der Waals surface area contributed by atoms with E-state index in [0.717, 1.165) is 19.4 Å². The van der Waals surface area contributed by atoms with E-state index in [1.165, 1.54) is 11.8 Å². The van der Waals surface area contributed by atoms with Crippen LogP contribution in [0.4, 0.5) is 0 Å². The summed E-state index contributed by atoms with van der Waals surface area (Å²) in [7, 11) is 0. The van der Waals surface area contributed by atoms with Gasteiger partial charge in [-0.15, -0.1) is 6.42 Å². The van der Waals surface area contributed by atoms with Crippen molar-refractivity contribution in [2.75, 3.05) is 18.9 Å². The Balaban J connectivity index is 1.89. The number of carbonyl (C=O) groups excluding carboxylic acids is 1. The standard InChI is InChI=1S/C18H19N3O3S/c1-2-9-19-16(22)12-25-18-20-15-8-4-3-7-14(15)17(23)21(18)11-13-6-5-10-24-13/h1,3-4,7-8,13H,5-6,9-12H2,(H,19,22). The first-order valence-corrected chi connectivity index (χ1v) is 9.11. The number of para-hydroxylation sites is 1. The first kappa shape index (κ1) is 17.5. The third kappa shape index (κ3) is 4.21. The van der Waals surface area contributed by atoms with Crippen molar-refractivity contribution in [1.82, 2.24) is 14.9 Å². The average molecular weight is 357 g/mol. The maximum atomic E-state index is 12.9. The van der Waals surface area contributed by atoms with Crippen molar-refractivity contribution in [3.63, 3.8) is 0 Å². The van der Waals surface area contributed by atoms with Crippen LogP contribution in [-0.4, -0.2) is 40.5 Å². The second-order valence-electron chi connectivity index (χ2n) is 5.73. The van der Waals surface area contributed by atoms with Crippen LogP contribution in [0.2, 0.25) is 0 Å². The fraction of sp³-hybridized carbons (Fsp3) is 0.389. The number of carbonyl (C=O) groups is 1. The number of amides is 1. The zero-order valence-electron chi connectivity index (χ0n) is 13.7. The predicted molar refractivity (Wildman–Crippen MR) is 97.5 cm³/mol. The van der Waals surface area contributed by atoms with Crippen molar-refractivity contribution in [2.45, 2.75) is 30.6 Å². The Bertz CT molecular complexity index is 866. The minimum absolute atomic E-state index is 0.00952. The van der Waals surface area contributed by atoms with Crippen molar-refractivity contribution in [3.8, 4) is 12.3 Å². The van der Waals surface area contributed by atoms with Crippen molar-refractivity contribution < 1.29 is 9.53 Å². The lowest BCUT2D eigenvalue weighted by Gasteiger charge is -2.16. The quantitative estimate of drug-likeness (QED) is 0.481. The molecule has 1 aromatic heterocycles.